The summed E-state index contributed by atoms with van der Waals surface area (Å²) in [6, 6.07) is 7.59. The number of carbonyl (C=O) groups excluding carboxylic acids is 1. The molecule has 1 aromatic carbocycles. The number of piperidine rings is 1. The summed E-state index contributed by atoms with van der Waals surface area (Å²) in [5.41, 5.74) is 0.875. The minimum absolute atomic E-state index is 0.141. The molecule has 1 aliphatic rings. The molecule has 1 heterocycles. The SMILES string of the molecule is COc1cccc(N(C)C(=O)CSC2CCNCC2)c1. The largest absolute Gasteiger partial charge is 0.497 e. The van der Waals surface area contributed by atoms with Gasteiger partial charge >= 0.3 is 0 Å². The minimum atomic E-state index is 0.141. The summed E-state index contributed by atoms with van der Waals surface area (Å²) in [5, 5.41) is 3.95. The van der Waals surface area contributed by atoms with Crippen molar-refractivity contribution in [2.45, 2.75) is 18.1 Å². The molecular weight excluding hydrogens is 272 g/mol. The van der Waals surface area contributed by atoms with Gasteiger partial charge in [0.1, 0.15) is 5.75 Å². The minimum Gasteiger partial charge on any atom is -0.497 e. The molecule has 0 saturated carbocycles. The van der Waals surface area contributed by atoms with Crippen LogP contribution < -0.4 is 15.0 Å². The highest BCUT2D eigenvalue weighted by Gasteiger charge is 2.17. The summed E-state index contributed by atoms with van der Waals surface area (Å²) < 4.78 is 5.19. The molecule has 0 bridgehead atoms. The Balaban J connectivity index is 1.87. The van der Waals surface area contributed by atoms with Crippen LogP contribution in [0.1, 0.15) is 12.8 Å². The molecule has 0 aromatic heterocycles. The Morgan fingerprint density at radius 2 is 2.20 bits per heavy atom. The molecule has 5 heteroatoms. The predicted octanol–water partition coefficient (Wildman–Crippen LogP) is 2.14. The fraction of sp³-hybridized carbons (Fsp3) is 0.533. The molecule has 1 amide bonds. The second-order valence-corrected chi connectivity index (χ2v) is 6.20. The number of anilines is 1. The van der Waals surface area contributed by atoms with Gasteiger partial charge in [0.25, 0.3) is 0 Å². The number of nitrogens with one attached hydrogen (secondary N) is 1. The lowest BCUT2D eigenvalue weighted by Gasteiger charge is -2.23. The summed E-state index contributed by atoms with van der Waals surface area (Å²) >= 11 is 1.78. The normalized spacial score (nSPS) is 15.9. The number of benzene rings is 1. The highest BCUT2D eigenvalue weighted by atomic mass is 32.2. The first kappa shape index (κ1) is 15.2. The molecule has 0 spiro atoms. The number of amides is 1. The molecule has 20 heavy (non-hydrogen) atoms. The van der Waals surface area contributed by atoms with Crippen LogP contribution in [0.2, 0.25) is 0 Å². The van der Waals surface area contributed by atoms with Crippen molar-refractivity contribution in [1.29, 1.82) is 0 Å². The molecule has 1 saturated heterocycles. The Kier molecular flexibility index (Phi) is 5.73. The second kappa shape index (κ2) is 7.55. The van der Waals surface area contributed by atoms with Crippen LogP contribution in [-0.2, 0) is 4.79 Å². The lowest BCUT2D eigenvalue weighted by Crippen LogP contribution is -2.32. The van der Waals surface area contributed by atoms with E-state index in [0.29, 0.717) is 11.0 Å². The summed E-state index contributed by atoms with van der Waals surface area (Å²) in [7, 11) is 3.45. The highest BCUT2D eigenvalue weighted by molar-refractivity contribution is 8.00. The zero-order valence-electron chi connectivity index (χ0n) is 12.1. The average Bonchev–Trinajstić information content (AvgIpc) is 2.53. The Hall–Kier alpha value is -1.20. The van der Waals surface area contributed by atoms with Gasteiger partial charge in [-0.15, -0.1) is 11.8 Å². The van der Waals surface area contributed by atoms with Crippen LogP contribution in [0, 0.1) is 0 Å². The number of carbonyl (C=O) groups is 1. The fourth-order valence-electron chi connectivity index (χ4n) is 2.21. The lowest BCUT2D eigenvalue weighted by atomic mass is 10.2. The number of ether oxygens (including phenoxy) is 1. The molecule has 1 aromatic rings. The molecule has 1 fully saturated rings. The van der Waals surface area contributed by atoms with Crippen molar-refractivity contribution in [3.05, 3.63) is 24.3 Å². The first-order valence-electron chi connectivity index (χ1n) is 6.93. The van der Waals surface area contributed by atoms with Crippen LogP contribution in [0.3, 0.4) is 0 Å². The summed E-state index contributed by atoms with van der Waals surface area (Å²) in [6.45, 7) is 2.13. The van der Waals surface area contributed by atoms with Crippen molar-refractivity contribution < 1.29 is 9.53 Å². The molecule has 1 aliphatic heterocycles. The Morgan fingerprint density at radius 1 is 1.45 bits per heavy atom. The third-order valence-electron chi connectivity index (χ3n) is 3.54. The van der Waals surface area contributed by atoms with Crippen molar-refractivity contribution >= 4 is 23.4 Å². The number of hydrogen-bond donors (Lipinski definition) is 1. The summed E-state index contributed by atoms with van der Waals surface area (Å²) in [4.78, 5) is 13.9. The topological polar surface area (TPSA) is 41.6 Å². The Bertz CT molecular complexity index is 447. The zero-order valence-corrected chi connectivity index (χ0v) is 12.9. The molecule has 0 unspecified atom stereocenters. The van der Waals surface area contributed by atoms with Crippen LogP contribution in [0.25, 0.3) is 0 Å². The van der Waals surface area contributed by atoms with Crippen LogP contribution in [-0.4, -0.2) is 44.2 Å². The van der Waals surface area contributed by atoms with E-state index in [2.05, 4.69) is 5.32 Å². The number of methoxy groups -OCH3 is 1. The average molecular weight is 294 g/mol. The summed E-state index contributed by atoms with van der Waals surface area (Å²) in [6.07, 6.45) is 2.31. The first-order chi connectivity index (χ1) is 9.70. The van der Waals surface area contributed by atoms with E-state index < -0.39 is 0 Å². The van der Waals surface area contributed by atoms with E-state index in [1.807, 2.05) is 31.3 Å². The Morgan fingerprint density at radius 3 is 2.90 bits per heavy atom. The van der Waals surface area contributed by atoms with Crippen LogP contribution in [0.4, 0.5) is 5.69 Å². The van der Waals surface area contributed by atoms with Gasteiger partial charge in [-0.2, -0.15) is 0 Å². The van der Waals surface area contributed by atoms with Gasteiger partial charge in [0, 0.05) is 24.1 Å². The van der Waals surface area contributed by atoms with Crippen LogP contribution in [0.15, 0.2) is 24.3 Å². The summed E-state index contributed by atoms with van der Waals surface area (Å²) in [5.74, 6) is 1.45. The van der Waals surface area contributed by atoms with Gasteiger partial charge in [0.2, 0.25) is 5.91 Å². The molecule has 0 aliphatic carbocycles. The van der Waals surface area contributed by atoms with Crippen LogP contribution in [0.5, 0.6) is 5.75 Å². The first-order valence-corrected chi connectivity index (χ1v) is 7.98. The monoisotopic (exact) mass is 294 g/mol. The second-order valence-electron chi connectivity index (χ2n) is 4.91. The van der Waals surface area contributed by atoms with E-state index in [-0.39, 0.29) is 5.91 Å². The van der Waals surface area contributed by atoms with Crippen LogP contribution >= 0.6 is 11.8 Å². The molecule has 0 radical (unpaired) electrons. The standard InChI is InChI=1S/C15H22N2O2S/c1-17(12-4-3-5-13(10-12)19-2)15(18)11-20-14-6-8-16-9-7-14/h3-5,10,14,16H,6-9,11H2,1-2H3. The lowest BCUT2D eigenvalue weighted by molar-refractivity contribution is -0.115. The van der Waals surface area contributed by atoms with E-state index in [9.17, 15) is 4.79 Å². The third-order valence-corrected chi connectivity index (χ3v) is 4.90. The van der Waals surface area contributed by atoms with Gasteiger partial charge in [-0.05, 0) is 38.1 Å². The van der Waals surface area contributed by atoms with E-state index in [0.717, 1.165) is 37.4 Å². The Labute approximate surface area is 124 Å². The maximum absolute atomic E-state index is 12.2. The molecule has 4 nitrogen and oxygen atoms in total. The van der Waals surface area contributed by atoms with Gasteiger partial charge in [0.05, 0.1) is 12.9 Å². The zero-order chi connectivity index (χ0) is 14.4. The maximum atomic E-state index is 12.2. The van der Waals surface area contributed by atoms with Gasteiger partial charge in [-0.1, -0.05) is 6.07 Å². The van der Waals surface area contributed by atoms with E-state index >= 15 is 0 Å². The van der Waals surface area contributed by atoms with E-state index in [1.165, 1.54) is 0 Å². The van der Waals surface area contributed by atoms with E-state index in [4.69, 9.17) is 4.74 Å². The van der Waals surface area contributed by atoms with Crippen molar-refractivity contribution in [1.82, 2.24) is 5.32 Å². The van der Waals surface area contributed by atoms with Gasteiger partial charge < -0.3 is 15.0 Å². The van der Waals surface area contributed by atoms with Gasteiger partial charge in [0.15, 0.2) is 0 Å². The number of nitrogens with zero attached hydrogens (tertiary/aromatic N) is 1. The van der Waals surface area contributed by atoms with Gasteiger partial charge in [-0.3, -0.25) is 4.79 Å². The number of thioether (sulfide) groups is 1. The van der Waals surface area contributed by atoms with E-state index in [1.54, 1.807) is 23.8 Å². The fourth-order valence-corrected chi connectivity index (χ4v) is 3.35. The van der Waals surface area contributed by atoms with Crippen molar-refractivity contribution in [2.75, 3.05) is 37.9 Å². The van der Waals surface area contributed by atoms with Crippen molar-refractivity contribution in [2.24, 2.45) is 0 Å². The molecule has 110 valence electrons. The van der Waals surface area contributed by atoms with Gasteiger partial charge in [-0.25, -0.2) is 0 Å². The molecule has 2 rings (SSSR count). The maximum Gasteiger partial charge on any atom is 0.236 e. The molecule has 0 atom stereocenters. The van der Waals surface area contributed by atoms with Crippen molar-refractivity contribution in [3.8, 4) is 5.75 Å². The quantitative estimate of drug-likeness (QED) is 0.903. The highest BCUT2D eigenvalue weighted by Crippen LogP contribution is 2.23. The number of rotatable bonds is 5. The predicted molar refractivity (Wildman–Crippen MR) is 84.8 cm³/mol. The van der Waals surface area contributed by atoms with Crippen molar-refractivity contribution in [3.63, 3.8) is 0 Å². The third kappa shape index (κ3) is 4.15. The molecular formula is C15H22N2O2S. The number of hydrogen-bond acceptors (Lipinski definition) is 4. The smallest absolute Gasteiger partial charge is 0.236 e. The molecule has 1 N–H and O–H groups in total.